The number of hydrogen-bond acceptors (Lipinski definition) is 4. The van der Waals surface area contributed by atoms with Gasteiger partial charge in [-0.2, -0.15) is 0 Å². The van der Waals surface area contributed by atoms with Gasteiger partial charge in [-0.15, -0.1) is 0 Å². The van der Waals surface area contributed by atoms with Gasteiger partial charge in [-0.3, -0.25) is 0 Å². The van der Waals surface area contributed by atoms with E-state index in [9.17, 15) is 4.57 Å². The first-order valence-electron chi connectivity index (χ1n) is 9.63. The highest BCUT2D eigenvalue weighted by atomic mass is 127. The average Bonchev–Trinajstić information content (AvgIpc) is 3.27. The van der Waals surface area contributed by atoms with Crippen molar-refractivity contribution in [2.24, 2.45) is 0 Å². The Balaban J connectivity index is 1.94. The molecule has 3 aromatic carbocycles. The number of hydrogen-bond donors (Lipinski definition) is 0. The fraction of sp³-hybridized carbons (Fsp3) is 0.217. The van der Waals surface area contributed by atoms with E-state index >= 15 is 0 Å². The molecule has 0 bridgehead atoms. The van der Waals surface area contributed by atoms with E-state index in [2.05, 4.69) is 29.5 Å². The lowest BCUT2D eigenvalue weighted by Crippen LogP contribution is -2.27. The van der Waals surface area contributed by atoms with Gasteiger partial charge < -0.3 is 18.8 Å². The van der Waals surface area contributed by atoms with Gasteiger partial charge in [-0.05, 0) is 35.1 Å². The second-order valence-corrected chi connectivity index (χ2v) is 10.6. The smallest absolute Gasteiger partial charge is 0.231 e. The second kappa shape index (κ2) is 8.80. The molecule has 150 valence electrons. The van der Waals surface area contributed by atoms with E-state index in [4.69, 9.17) is 14.2 Å². The molecular formula is C23H22IO4P. The van der Waals surface area contributed by atoms with Gasteiger partial charge in [0.25, 0.3) is 0 Å². The average molecular weight is 520 g/mol. The zero-order valence-electron chi connectivity index (χ0n) is 16.1. The summed E-state index contributed by atoms with van der Waals surface area (Å²) < 4.78 is 33.0. The highest BCUT2D eigenvalue weighted by Gasteiger charge is 2.36. The number of rotatable bonds is 7. The summed E-state index contributed by atoms with van der Waals surface area (Å²) >= 11 is 2.21. The third-order valence-electron chi connectivity index (χ3n) is 4.86. The fourth-order valence-electron chi connectivity index (χ4n) is 3.36. The molecule has 6 heteroatoms. The highest BCUT2D eigenvalue weighted by Crippen LogP contribution is 2.51. The SMILES string of the molecule is CCCCOc1cc(P(=O)(c2ccccc2)c2ccccc2)c(I)c2c1OCO2. The quantitative estimate of drug-likeness (QED) is 0.254. The monoisotopic (exact) mass is 520 g/mol. The molecule has 3 aromatic rings. The predicted molar refractivity (Wildman–Crippen MR) is 125 cm³/mol. The molecule has 0 fully saturated rings. The first kappa shape index (κ1) is 20.3. The van der Waals surface area contributed by atoms with Crippen molar-refractivity contribution in [1.29, 1.82) is 0 Å². The predicted octanol–water partition coefficient (Wildman–Crippen LogP) is 4.84. The molecule has 4 nitrogen and oxygen atoms in total. The van der Waals surface area contributed by atoms with E-state index < -0.39 is 7.14 Å². The standard InChI is InChI=1S/C23H22IO4P/c1-2-3-14-26-19-15-20(21(24)23-22(19)27-16-28-23)29(25,17-10-6-4-7-11-17)18-12-8-5-9-13-18/h4-13,15H,2-3,14,16H2,1H3. The van der Waals surface area contributed by atoms with Crippen LogP contribution in [0.5, 0.6) is 17.2 Å². The summed E-state index contributed by atoms with van der Waals surface area (Å²) in [7, 11) is -3.14. The molecule has 4 rings (SSSR count). The van der Waals surface area contributed by atoms with Crippen molar-refractivity contribution in [2.45, 2.75) is 19.8 Å². The number of fused-ring (bicyclic) bond motifs is 1. The van der Waals surface area contributed by atoms with Crippen LogP contribution in [0.4, 0.5) is 0 Å². The molecule has 29 heavy (non-hydrogen) atoms. The molecule has 0 aliphatic carbocycles. The van der Waals surface area contributed by atoms with E-state index in [1.165, 1.54) is 0 Å². The van der Waals surface area contributed by atoms with Crippen LogP contribution >= 0.6 is 29.7 Å². The number of unbranched alkanes of at least 4 members (excludes halogenated alkanes) is 1. The summed E-state index contributed by atoms with van der Waals surface area (Å²) in [6.07, 6.45) is 1.97. The maximum absolute atomic E-state index is 14.8. The normalized spacial score (nSPS) is 12.8. The number of benzene rings is 3. The molecule has 0 aromatic heterocycles. The number of ether oxygens (including phenoxy) is 3. The minimum Gasteiger partial charge on any atom is -0.490 e. The van der Waals surface area contributed by atoms with E-state index in [-0.39, 0.29) is 6.79 Å². The largest absolute Gasteiger partial charge is 0.490 e. The maximum Gasteiger partial charge on any atom is 0.231 e. The van der Waals surface area contributed by atoms with Crippen LogP contribution in [0.3, 0.4) is 0 Å². The molecule has 0 radical (unpaired) electrons. The molecule has 1 aliphatic rings. The second-order valence-electron chi connectivity index (χ2n) is 6.75. The molecule has 1 aliphatic heterocycles. The summed E-state index contributed by atoms with van der Waals surface area (Å²) in [5, 5.41) is 2.27. The van der Waals surface area contributed by atoms with Crippen molar-refractivity contribution in [1.82, 2.24) is 0 Å². The van der Waals surface area contributed by atoms with Gasteiger partial charge in [0.1, 0.15) is 0 Å². The molecule has 0 saturated heterocycles. The zero-order valence-corrected chi connectivity index (χ0v) is 19.2. The topological polar surface area (TPSA) is 44.8 Å². The van der Waals surface area contributed by atoms with Crippen LogP contribution < -0.4 is 30.1 Å². The minimum absolute atomic E-state index is 0.139. The first-order chi connectivity index (χ1) is 14.2. The summed E-state index contributed by atoms with van der Waals surface area (Å²) in [6.45, 7) is 2.83. The Hall–Kier alpha value is -1.98. The molecule has 0 spiro atoms. The van der Waals surface area contributed by atoms with Crippen LogP contribution in [-0.2, 0) is 4.57 Å². The third kappa shape index (κ3) is 3.78. The van der Waals surface area contributed by atoms with E-state index in [1.54, 1.807) is 0 Å². The van der Waals surface area contributed by atoms with Gasteiger partial charge in [0.05, 0.1) is 10.2 Å². The summed E-state index contributed by atoms with van der Waals surface area (Å²) in [6, 6.07) is 21.1. The summed E-state index contributed by atoms with van der Waals surface area (Å²) in [5.74, 6) is 1.80. The Bertz CT molecular complexity index is 994. The van der Waals surface area contributed by atoms with Crippen molar-refractivity contribution in [3.05, 3.63) is 70.3 Å². The van der Waals surface area contributed by atoms with E-state index in [0.29, 0.717) is 29.2 Å². The van der Waals surface area contributed by atoms with Crippen molar-refractivity contribution in [3.63, 3.8) is 0 Å². The lowest BCUT2D eigenvalue weighted by Gasteiger charge is -2.23. The highest BCUT2D eigenvalue weighted by molar-refractivity contribution is 14.1. The molecule has 0 atom stereocenters. The Morgan fingerprint density at radius 1 is 0.966 bits per heavy atom. The number of halogens is 1. The van der Waals surface area contributed by atoms with Crippen molar-refractivity contribution >= 4 is 45.6 Å². The molecule has 0 N–H and O–H groups in total. The maximum atomic E-state index is 14.8. The van der Waals surface area contributed by atoms with Crippen molar-refractivity contribution in [3.8, 4) is 17.2 Å². The van der Waals surface area contributed by atoms with Crippen LogP contribution in [0.2, 0.25) is 0 Å². The van der Waals surface area contributed by atoms with Gasteiger partial charge in [-0.1, -0.05) is 74.0 Å². The molecular weight excluding hydrogens is 498 g/mol. The summed E-state index contributed by atoms with van der Waals surface area (Å²) in [5.41, 5.74) is 0. The van der Waals surface area contributed by atoms with Crippen molar-refractivity contribution in [2.75, 3.05) is 13.4 Å². The fourth-order valence-corrected chi connectivity index (χ4v) is 7.65. The van der Waals surface area contributed by atoms with Crippen LogP contribution in [0.1, 0.15) is 19.8 Å². The third-order valence-corrected chi connectivity index (χ3v) is 9.44. The molecule has 0 unspecified atom stereocenters. The Morgan fingerprint density at radius 2 is 1.55 bits per heavy atom. The molecule has 0 saturated carbocycles. The van der Waals surface area contributed by atoms with Crippen LogP contribution in [0, 0.1) is 3.57 Å². The Morgan fingerprint density at radius 3 is 2.14 bits per heavy atom. The lowest BCUT2D eigenvalue weighted by atomic mass is 10.3. The van der Waals surface area contributed by atoms with Gasteiger partial charge in [-0.25, -0.2) is 0 Å². The van der Waals surface area contributed by atoms with Crippen LogP contribution in [0.25, 0.3) is 0 Å². The van der Waals surface area contributed by atoms with E-state index in [0.717, 1.165) is 27.0 Å². The van der Waals surface area contributed by atoms with Crippen molar-refractivity contribution < 1.29 is 18.8 Å². The van der Waals surface area contributed by atoms with Gasteiger partial charge in [0, 0.05) is 15.9 Å². The van der Waals surface area contributed by atoms with Gasteiger partial charge in [0.2, 0.25) is 12.5 Å². The lowest BCUT2D eigenvalue weighted by molar-refractivity contribution is 0.169. The Labute approximate surface area is 184 Å². The van der Waals surface area contributed by atoms with Gasteiger partial charge in [0.15, 0.2) is 18.6 Å². The molecule has 1 heterocycles. The van der Waals surface area contributed by atoms with E-state index in [1.807, 2.05) is 66.7 Å². The summed E-state index contributed by atoms with van der Waals surface area (Å²) in [4.78, 5) is 0. The Kier molecular flexibility index (Phi) is 6.16. The van der Waals surface area contributed by atoms with Crippen LogP contribution in [-0.4, -0.2) is 13.4 Å². The first-order valence-corrected chi connectivity index (χ1v) is 12.4. The molecule has 0 amide bonds. The van der Waals surface area contributed by atoms with Gasteiger partial charge >= 0.3 is 0 Å². The zero-order chi connectivity index (χ0) is 20.3. The minimum atomic E-state index is -3.14. The van der Waals surface area contributed by atoms with Crippen LogP contribution in [0.15, 0.2) is 66.7 Å².